The van der Waals surface area contributed by atoms with Crippen molar-refractivity contribution in [1.82, 2.24) is 10.6 Å². The Morgan fingerprint density at radius 3 is 2.50 bits per heavy atom. The minimum absolute atomic E-state index is 0.175. The number of carbonyl (C=O) groups is 2. The maximum atomic E-state index is 11.7. The van der Waals surface area contributed by atoms with Crippen LogP contribution in [0.15, 0.2) is 30.3 Å². The highest BCUT2D eigenvalue weighted by Crippen LogP contribution is 2.08. The fraction of sp³-hybridized carbons (Fsp3) is 0.100. The number of carbonyl (C=O) groups excluding carboxylic acids is 2. The molecule has 1 heterocycles. The molecule has 1 aromatic rings. The van der Waals surface area contributed by atoms with Crippen LogP contribution in [0.2, 0.25) is 0 Å². The van der Waals surface area contributed by atoms with Crippen LogP contribution in [0.1, 0.15) is 10.4 Å². The summed E-state index contributed by atoms with van der Waals surface area (Å²) < 4.78 is 0. The molecule has 0 unspecified atom stereocenters. The summed E-state index contributed by atoms with van der Waals surface area (Å²) in [5.41, 5.74) is 0.567. The zero-order valence-corrected chi connectivity index (χ0v) is 7.41. The molecule has 14 heavy (non-hydrogen) atoms. The van der Waals surface area contributed by atoms with Gasteiger partial charge in [-0.05, 0) is 0 Å². The van der Waals surface area contributed by atoms with Crippen molar-refractivity contribution in [3.05, 3.63) is 42.1 Å². The minimum atomic E-state index is -0.184. The number of ketones is 1. The Labute approximate surface area is 81.3 Å². The third kappa shape index (κ3) is 1.65. The van der Waals surface area contributed by atoms with Gasteiger partial charge in [0.25, 0.3) is 0 Å². The second-order valence-electron chi connectivity index (χ2n) is 2.97. The Balaban J connectivity index is 2.13. The molecule has 1 aromatic carbocycles. The molecule has 4 heteroatoms. The molecule has 1 aliphatic rings. The van der Waals surface area contributed by atoms with Gasteiger partial charge in [-0.2, -0.15) is 0 Å². The summed E-state index contributed by atoms with van der Waals surface area (Å²) in [5.74, 6) is -0.360. The Hall–Kier alpha value is -1.68. The van der Waals surface area contributed by atoms with E-state index in [2.05, 4.69) is 10.6 Å². The van der Waals surface area contributed by atoms with Crippen molar-refractivity contribution in [2.24, 2.45) is 0 Å². The van der Waals surface area contributed by atoms with E-state index in [1.54, 1.807) is 24.3 Å². The number of rotatable bonds is 2. The van der Waals surface area contributed by atoms with Gasteiger partial charge in [0.15, 0.2) is 0 Å². The predicted octanol–water partition coefficient (Wildman–Crippen LogP) is 0.0782. The quantitative estimate of drug-likeness (QED) is 0.648. The van der Waals surface area contributed by atoms with Crippen LogP contribution in [0, 0.1) is 6.17 Å². The second-order valence-corrected chi connectivity index (χ2v) is 2.97. The van der Waals surface area contributed by atoms with Crippen molar-refractivity contribution in [3.63, 3.8) is 0 Å². The molecular formula is C10H9N2O2. The molecule has 0 saturated carbocycles. The maximum absolute atomic E-state index is 11.7. The number of benzene rings is 1. The van der Waals surface area contributed by atoms with Gasteiger partial charge in [0, 0.05) is 5.56 Å². The molecule has 0 spiro atoms. The number of hydrogen-bond donors (Lipinski definition) is 2. The molecule has 1 radical (unpaired) electrons. The first kappa shape index (κ1) is 8.90. The van der Waals surface area contributed by atoms with E-state index in [9.17, 15) is 9.59 Å². The van der Waals surface area contributed by atoms with Crippen LogP contribution in [-0.4, -0.2) is 18.2 Å². The highest BCUT2D eigenvalue weighted by atomic mass is 16.2. The fourth-order valence-electron chi connectivity index (χ4n) is 1.27. The lowest BCUT2D eigenvalue weighted by Gasteiger charge is -2.06. The monoisotopic (exact) mass is 189 g/mol. The average Bonchev–Trinajstić information content (AvgIpc) is 2.65. The van der Waals surface area contributed by atoms with Gasteiger partial charge in [-0.1, -0.05) is 30.3 Å². The molecule has 2 N–H and O–H groups in total. The van der Waals surface area contributed by atoms with Crippen LogP contribution in [0.4, 0.5) is 0 Å². The highest BCUT2D eigenvalue weighted by Gasteiger charge is 2.28. The second kappa shape index (κ2) is 3.59. The molecule has 0 aromatic heterocycles. The molecule has 1 fully saturated rings. The molecule has 4 nitrogen and oxygen atoms in total. The molecule has 2 rings (SSSR count). The topological polar surface area (TPSA) is 58.2 Å². The zero-order chi connectivity index (χ0) is 9.97. The van der Waals surface area contributed by atoms with E-state index < -0.39 is 0 Å². The first-order valence-corrected chi connectivity index (χ1v) is 4.28. The van der Waals surface area contributed by atoms with Gasteiger partial charge in [-0.15, -0.1) is 0 Å². The summed E-state index contributed by atoms with van der Waals surface area (Å²) in [7, 11) is 0. The van der Waals surface area contributed by atoms with E-state index in [-0.39, 0.29) is 24.4 Å². The number of nitrogens with one attached hydrogen (secondary N) is 2. The minimum Gasteiger partial charge on any atom is -0.327 e. The molecule has 71 valence electrons. The van der Waals surface area contributed by atoms with E-state index in [0.29, 0.717) is 5.56 Å². The van der Waals surface area contributed by atoms with Gasteiger partial charge < -0.3 is 5.32 Å². The Kier molecular flexibility index (Phi) is 2.28. The molecule has 0 bridgehead atoms. The first-order chi connectivity index (χ1) is 6.77. The van der Waals surface area contributed by atoms with Crippen molar-refractivity contribution in [3.8, 4) is 0 Å². The van der Waals surface area contributed by atoms with Crippen LogP contribution in [0.5, 0.6) is 0 Å². The molecule has 0 aliphatic carbocycles. The van der Waals surface area contributed by atoms with Crippen molar-refractivity contribution in [2.75, 3.05) is 6.54 Å². The average molecular weight is 189 g/mol. The molecule has 1 amide bonds. The third-order valence-corrected chi connectivity index (χ3v) is 1.95. The lowest BCUT2D eigenvalue weighted by Crippen LogP contribution is -2.31. The summed E-state index contributed by atoms with van der Waals surface area (Å²) >= 11 is 0. The van der Waals surface area contributed by atoms with E-state index in [1.807, 2.05) is 6.07 Å². The Morgan fingerprint density at radius 1 is 1.21 bits per heavy atom. The normalized spacial score (nSPS) is 16.7. The van der Waals surface area contributed by atoms with Gasteiger partial charge in [0.1, 0.15) is 0 Å². The predicted molar refractivity (Wildman–Crippen MR) is 50.2 cm³/mol. The van der Waals surface area contributed by atoms with Gasteiger partial charge in [0.2, 0.25) is 17.9 Å². The van der Waals surface area contributed by atoms with E-state index in [1.165, 1.54) is 0 Å². The Morgan fingerprint density at radius 2 is 1.93 bits per heavy atom. The largest absolute Gasteiger partial charge is 0.327 e. The van der Waals surface area contributed by atoms with Crippen LogP contribution in [0.25, 0.3) is 0 Å². The molecule has 1 aliphatic heterocycles. The van der Waals surface area contributed by atoms with Gasteiger partial charge >= 0.3 is 0 Å². The van der Waals surface area contributed by atoms with Crippen LogP contribution < -0.4 is 10.6 Å². The summed E-state index contributed by atoms with van der Waals surface area (Å²) in [6.45, 7) is 0.175. The van der Waals surface area contributed by atoms with E-state index in [0.717, 1.165) is 0 Å². The van der Waals surface area contributed by atoms with Crippen molar-refractivity contribution in [2.45, 2.75) is 0 Å². The van der Waals surface area contributed by atoms with Gasteiger partial charge in [-0.3, -0.25) is 14.9 Å². The van der Waals surface area contributed by atoms with Crippen molar-refractivity contribution < 1.29 is 9.59 Å². The summed E-state index contributed by atoms with van der Waals surface area (Å²) in [5, 5.41) is 5.18. The molecular weight excluding hydrogens is 180 g/mol. The Bertz CT molecular complexity index is 362. The van der Waals surface area contributed by atoms with Crippen LogP contribution in [-0.2, 0) is 4.79 Å². The molecule has 0 atom stereocenters. The van der Waals surface area contributed by atoms with E-state index >= 15 is 0 Å². The van der Waals surface area contributed by atoms with Crippen molar-refractivity contribution in [1.29, 1.82) is 0 Å². The maximum Gasteiger partial charge on any atom is 0.235 e. The fourth-order valence-corrected chi connectivity index (χ4v) is 1.27. The number of Topliss-reactive ketones (excluding diaryl/α,β-unsaturated/α-hetero) is 1. The van der Waals surface area contributed by atoms with Crippen LogP contribution in [0.3, 0.4) is 0 Å². The number of amides is 1. The highest BCUT2D eigenvalue weighted by molar-refractivity contribution is 6.08. The lowest BCUT2D eigenvalue weighted by molar-refractivity contribution is -0.118. The summed E-state index contributed by atoms with van der Waals surface area (Å²) in [6, 6.07) is 8.82. The summed E-state index contributed by atoms with van der Waals surface area (Å²) in [6.07, 6.45) is 0.265. The zero-order valence-electron chi connectivity index (χ0n) is 7.41. The first-order valence-electron chi connectivity index (χ1n) is 4.28. The standard InChI is InChI=1S/C10H9N2O2/c13-8-6-11-10(12-8)9(14)7-4-2-1-3-5-7/h1-5,11H,6H2,(H,12,13). The van der Waals surface area contributed by atoms with Crippen molar-refractivity contribution >= 4 is 11.7 Å². The summed E-state index contributed by atoms with van der Waals surface area (Å²) in [4.78, 5) is 22.5. The van der Waals surface area contributed by atoms with Crippen LogP contribution >= 0.6 is 0 Å². The third-order valence-electron chi connectivity index (χ3n) is 1.95. The SMILES string of the molecule is O=C1CN[C](C(=O)c2ccccc2)N1. The van der Waals surface area contributed by atoms with E-state index in [4.69, 9.17) is 0 Å². The smallest absolute Gasteiger partial charge is 0.235 e. The number of hydrogen-bond acceptors (Lipinski definition) is 3. The lowest BCUT2D eigenvalue weighted by atomic mass is 10.1. The van der Waals surface area contributed by atoms with Gasteiger partial charge in [-0.25, -0.2) is 0 Å². The molecule has 1 saturated heterocycles. The van der Waals surface area contributed by atoms with Gasteiger partial charge in [0.05, 0.1) is 6.54 Å².